The molecule has 0 spiro atoms. The third kappa shape index (κ3) is 8.35. The first-order valence-electron chi connectivity index (χ1n) is 3.70. The number of hydrogen-bond acceptors (Lipinski definition) is 1. The maximum Gasteiger partial charge on any atom is 0.0978 e. The van der Waals surface area contributed by atoms with Gasteiger partial charge in [-0.1, -0.05) is 47.5 Å². The van der Waals surface area contributed by atoms with Gasteiger partial charge in [0.05, 0.1) is 8.24 Å². The lowest BCUT2D eigenvalue weighted by Crippen LogP contribution is -2.43. The second-order valence-electron chi connectivity index (χ2n) is 4.64. The summed E-state index contributed by atoms with van der Waals surface area (Å²) in [6, 6.07) is 0. The third-order valence-electron chi connectivity index (χ3n) is 0.727. The van der Waals surface area contributed by atoms with Gasteiger partial charge in [-0.05, 0) is 0 Å². The molecule has 0 saturated heterocycles. The van der Waals surface area contributed by atoms with E-state index in [0.29, 0.717) is 0 Å². The van der Waals surface area contributed by atoms with Gasteiger partial charge in [-0.2, -0.15) is 0 Å². The number of nitrogens with zero attached hydrogens (tertiary/aromatic N) is 1. The predicted molar refractivity (Wildman–Crippen MR) is 53.2 cm³/mol. The van der Waals surface area contributed by atoms with Crippen LogP contribution in [-0.2, 0) is 0 Å². The molecule has 0 aliphatic carbocycles. The Labute approximate surface area is 66.6 Å². The van der Waals surface area contributed by atoms with Crippen molar-refractivity contribution < 1.29 is 0 Å². The fourth-order valence-electron chi connectivity index (χ4n) is 0.335. The fraction of sp³-hybridized carbons (Fsp3) is 1.00. The highest BCUT2D eigenvalue weighted by molar-refractivity contribution is 6.83. The Morgan fingerprint density at radius 2 is 1.30 bits per heavy atom. The van der Waals surface area contributed by atoms with Crippen LogP contribution in [0, 0.1) is 0 Å². The molecule has 0 saturated carbocycles. The summed E-state index contributed by atoms with van der Waals surface area (Å²) in [5.74, 6) is 0. The third-order valence-corrected chi connectivity index (χ3v) is 2.52. The van der Waals surface area contributed by atoms with Crippen LogP contribution in [0.25, 0.3) is 5.09 Å². The first-order chi connectivity index (χ1) is 4.21. The molecule has 0 aliphatic heterocycles. The maximum atomic E-state index is 4.48. The van der Waals surface area contributed by atoms with Gasteiger partial charge in [0.2, 0.25) is 0 Å². The molecule has 62 valence electrons. The molecule has 2 nitrogen and oxygen atoms in total. The van der Waals surface area contributed by atoms with E-state index in [0.717, 1.165) is 0 Å². The Morgan fingerprint density at radius 3 is 1.40 bits per heavy atom. The van der Waals surface area contributed by atoms with E-state index in [4.69, 9.17) is 0 Å². The molecule has 0 amide bonds. The molecular formula is C6H19N2Si2-. The molecule has 0 rings (SSSR count). The second-order valence-corrected chi connectivity index (χ2v) is 13.9. The van der Waals surface area contributed by atoms with E-state index < -0.39 is 16.5 Å². The molecule has 0 unspecified atom stereocenters. The molecule has 10 heavy (non-hydrogen) atoms. The lowest BCUT2D eigenvalue weighted by molar-refractivity contribution is 1.21. The topological polar surface area (TPSA) is 26.1 Å². The molecule has 1 N–H and O–H groups in total. The zero-order chi connectivity index (χ0) is 8.41. The Bertz CT molecular complexity index is 87.3. The van der Waals surface area contributed by atoms with Crippen molar-refractivity contribution in [1.82, 2.24) is 5.09 Å². The summed E-state index contributed by atoms with van der Waals surface area (Å²) in [6.45, 7) is 13.5. The van der Waals surface area contributed by atoms with Crippen LogP contribution < -0.4 is 5.09 Å². The zero-order valence-electron chi connectivity index (χ0n) is 7.95. The van der Waals surface area contributed by atoms with Crippen molar-refractivity contribution in [3.05, 3.63) is 5.09 Å². The van der Waals surface area contributed by atoms with Crippen molar-refractivity contribution >= 4 is 16.5 Å². The predicted octanol–water partition coefficient (Wildman–Crippen LogP) is 2.53. The van der Waals surface area contributed by atoms with Crippen LogP contribution >= 0.6 is 0 Å². The van der Waals surface area contributed by atoms with Crippen LogP contribution in [0.1, 0.15) is 0 Å². The smallest absolute Gasteiger partial charge is 0.0978 e. The van der Waals surface area contributed by atoms with E-state index in [1.54, 1.807) is 0 Å². The van der Waals surface area contributed by atoms with Crippen LogP contribution in [0.15, 0.2) is 0 Å². The first kappa shape index (κ1) is 10.4. The molecule has 0 bridgehead atoms. The summed E-state index contributed by atoms with van der Waals surface area (Å²) in [5, 5.41) is 7.77. The molecule has 0 fully saturated rings. The van der Waals surface area contributed by atoms with Gasteiger partial charge in [0.25, 0.3) is 0 Å². The summed E-state index contributed by atoms with van der Waals surface area (Å²) in [7, 11) is -2.37. The van der Waals surface area contributed by atoms with E-state index in [2.05, 4.69) is 49.5 Å². The summed E-state index contributed by atoms with van der Waals surface area (Å²) in [5.41, 5.74) is 0. The zero-order valence-corrected chi connectivity index (χ0v) is 9.95. The lowest BCUT2D eigenvalue weighted by atomic mass is 11.8. The van der Waals surface area contributed by atoms with Gasteiger partial charge in [-0.25, -0.2) is 0 Å². The molecular weight excluding hydrogens is 156 g/mol. The summed E-state index contributed by atoms with van der Waals surface area (Å²) in [6.07, 6.45) is 0. The average Bonchev–Trinajstić information content (AvgIpc) is 1.57. The Hall–Kier alpha value is 0.354. The van der Waals surface area contributed by atoms with Gasteiger partial charge in [0, 0.05) is 0 Å². The van der Waals surface area contributed by atoms with E-state index in [1.165, 1.54) is 0 Å². The number of nitrogens with one attached hydrogen (secondary N) is 1. The van der Waals surface area contributed by atoms with Crippen molar-refractivity contribution in [1.29, 1.82) is 0 Å². The Kier molecular flexibility index (Phi) is 3.28. The van der Waals surface area contributed by atoms with Gasteiger partial charge in [0.1, 0.15) is 0 Å². The molecule has 4 heteroatoms. The largest absolute Gasteiger partial charge is 0.607 e. The quantitative estimate of drug-likeness (QED) is 0.518. The van der Waals surface area contributed by atoms with E-state index in [-0.39, 0.29) is 0 Å². The molecule has 0 aromatic carbocycles. The van der Waals surface area contributed by atoms with Crippen molar-refractivity contribution in [2.45, 2.75) is 39.3 Å². The second kappa shape index (κ2) is 3.17. The van der Waals surface area contributed by atoms with Gasteiger partial charge in [-0.3, -0.25) is 0 Å². The monoisotopic (exact) mass is 175 g/mol. The van der Waals surface area contributed by atoms with Crippen LogP contribution in [0.3, 0.4) is 0 Å². The van der Waals surface area contributed by atoms with Crippen LogP contribution in [0.2, 0.25) is 39.3 Å². The molecule has 0 aromatic rings. The molecule has 0 radical (unpaired) electrons. The van der Waals surface area contributed by atoms with Gasteiger partial charge < -0.3 is 10.2 Å². The average molecular weight is 175 g/mol. The van der Waals surface area contributed by atoms with Crippen molar-refractivity contribution in [2.75, 3.05) is 0 Å². The first-order valence-corrected chi connectivity index (χ1v) is 10.6. The minimum absolute atomic E-state index is 1.15. The summed E-state index contributed by atoms with van der Waals surface area (Å²) >= 11 is 0. The van der Waals surface area contributed by atoms with Crippen molar-refractivity contribution in [2.24, 2.45) is 0 Å². The summed E-state index contributed by atoms with van der Waals surface area (Å²) in [4.78, 5) is 0. The SMILES string of the molecule is C[Si](C)(C)[N-]N[Si](C)(C)C. The lowest BCUT2D eigenvalue weighted by Gasteiger charge is -2.41. The van der Waals surface area contributed by atoms with E-state index in [1.807, 2.05) is 0 Å². The maximum absolute atomic E-state index is 4.48. The van der Waals surface area contributed by atoms with Crippen molar-refractivity contribution in [3.63, 3.8) is 0 Å². The number of rotatable bonds is 3. The van der Waals surface area contributed by atoms with Gasteiger partial charge in [-0.15, -0.1) is 0 Å². The summed E-state index contributed by atoms with van der Waals surface area (Å²) < 4.78 is 0. The van der Waals surface area contributed by atoms with Crippen molar-refractivity contribution in [3.8, 4) is 0 Å². The van der Waals surface area contributed by atoms with Crippen LogP contribution in [0.5, 0.6) is 0 Å². The minimum Gasteiger partial charge on any atom is -0.607 e. The number of hydrogen-bond donors (Lipinski definition) is 1. The Balaban J connectivity index is 3.56. The van der Waals surface area contributed by atoms with Crippen LogP contribution in [0.4, 0.5) is 0 Å². The normalized spacial score (nSPS) is 13.8. The molecule has 0 heterocycles. The van der Waals surface area contributed by atoms with E-state index >= 15 is 0 Å². The van der Waals surface area contributed by atoms with Crippen LogP contribution in [-0.4, -0.2) is 16.5 Å². The highest BCUT2D eigenvalue weighted by Gasteiger charge is 2.08. The molecule has 0 aromatic heterocycles. The minimum atomic E-state index is -1.22. The Morgan fingerprint density at radius 1 is 0.900 bits per heavy atom. The molecule has 0 aliphatic rings. The standard InChI is InChI=1S/C6H19N2Si2/c1-9(2,3)7-8-10(4,5)6/h7H,1-6H3/q-1. The molecule has 0 atom stereocenters. The van der Waals surface area contributed by atoms with Gasteiger partial charge in [0.15, 0.2) is 0 Å². The highest BCUT2D eigenvalue weighted by atomic mass is 28.3. The van der Waals surface area contributed by atoms with E-state index in [9.17, 15) is 0 Å². The fourth-order valence-corrected chi connectivity index (χ4v) is 3.02. The highest BCUT2D eigenvalue weighted by Crippen LogP contribution is 2.09. The van der Waals surface area contributed by atoms with Gasteiger partial charge >= 0.3 is 0 Å².